The van der Waals surface area contributed by atoms with Crippen molar-refractivity contribution in [1.29, 1.82) is 0 Å². The van der Waals surface area contributed by atoms with Crippen molar-refractivity contribution in [2.75, 3.05) is 0 Å². The molecule has 0 radical (unpaired) electrons. The van der Waals surface area contributed by atoms with Gasteiger partial charge in [0.15, 0.2) is 6.26 Å². The normalized spacial score (nSPS) is 16.1. The minimum atomic E-state index is 0.757. The van der Waals surface area contributed by atoms with Crippen molar-refractivity contribution in [1.82, 2.24) is 10.4 Å². The average molecular weight is 206 g/mol. The molecule has 3 rings (SSSR count). The van der Waals surface area contributed by atoms with Crippen LogP contribution in [0.4, 0.5) is 0 Å². The maximum atomic E-state index is 4.78. The van der Waals surface area contributed by atoms with E-state index < -0.39 is 0 Å². The minimum Gasteiger partial charge on any atom is -0.345 e. The van der Waals surface area contributed by atoms with Crippen LogP contribution in [-0.4, -0.2) is 10.4 Å². The fourth-order valence-corrected chi connectivity index (χ4v) is 2.88. The Morgan fingerprint density at radius 3 is 3.00 bits per heavy atom. The molecule has 0 bridgehead atoms. The van der Waals surface area contributed by atoms with Gasteiger partial charge in [0.2, 0.25) is 0 Å². The second-order valence-electron chi connectivity index (χ2n) is 3.73. The molecule has 0 atom stereocenters. The molecule has 14 heavy (non-hydrogen) atoms. The topological polar surface area (TPSA) is 38.9 Å². The Balaban J connectivity index is 2.13. The van der Waals surface area contributed by atoms with Crippen LogP contribution in [0.3, 0.4) is 0 Å². The maximum Gasteiger partial charge on any atom is 0.153 e. The average Bonchev–Trinajstić information content (AvgIpc) is 2.75. The molecule has 1 aliphatic carbocycles. The molecule has 2 heterocycles. The lowest BCUT2D eigenvalue weighted by Crippen LogP contribution is -1.83. The van der Waals surface area contributed by atoms with Gasteiger partial charge in [-0.2, -0.15) is 0 Å². The van der Waals surface area contributed by atoms with E-state index in [0.29, 0.717) is 0 Å². The second-order valence-corrected chi connectivity index (χ2v) is 4.61. The molecule has 0 N–H and O–H groups in total. The van der Waals surface area contributed by atoms with E-state index in [1.807, 2.05) is 0 Å². The van der Waals surface area contributed by atoms with Gasteiger partial charge in [-0.05, 0) is 42.2 Å². The van der Waals surface area contributed by atoms with Crippen LogP contribution in [-0.2, 0) is 0 Å². The second kappa shape index (κ2) is 2.92. The van der Waals surface area contributed by atoms with E-state index in [1.165, 1.54) is 28.8 Å². The molecule has 0 saturated heterocycles. The number of aryl methyl sites for hydroxylation is 1. The Labute approximate surface area is 85.7 Å². The Morgan fingerprint density at radius 1 is 1.50 bits per heavy atom. The fourth-order valence-electron chi connectivity index (χ4n) is 1.79. The fraction of sp³-hybridized carbons (Fsp3) is 0.400. The molecular weight excluding hydrogens is 196 g/mol. The van der Waals surface area contributed by atoms with Crippen LogP contribution >= 0.6 is 11.3 Å². The molecule has 0 aromatic carbocycles. The Kier molecular flexibility index (Phi) is 1.70. The number of rotatable bonds is 2. The van der Waals surface area contributed by atoms with Crippen molar-refractivity contribution in [2.24, 2.45) is 0 Å². The maximum absolute atomic E-state index is 4.78. The first-order chi connectivity index (χ1) is 6.86. The van der Waals surface area contributed by atoms with E-state index >= 15 is 0 Å². The Bertz CT molecular complexity index is 443. The van der Waals surface area contributed by atoms with E-state index in [4.69, 9.17) is 4.52 Å². The molecular formula is C10H10N2OS. The van der Waals surface area contributed by atoms with Crippen LogP contribution in [0.5, 0.6) is 0 Å². The minimum absolute atomic E-state index is 0.757. The van der Waals surface area contributed by atoms with Gasteiger partial charge in [0, 0.05) is 5.27 Å². The summed E-state index contributed by atoms with van der Waals surface area (Å²) in [5.74, 6) is 0.757. The third-order valence-corrected chi connectivity index (χ3v) is 3.74. The van der Waals surface area contributed by atoms with Gasteiger partial charge in [-0.1, -0.05) is 0 Å². The summed E-state index contributed by atoms with van der Waals surface area (Å²) in [4.78, 5) is 1.24. The zero-order chi connectivity index (χ0) is 9.54. The largest absolute Gasteiger partial charge is 0.345 e. The van der Waals surface area contributed by atoms with Crippen LogP contribution < -0.4 is 0 Å². The van der Waals surface area contributed by atoms with Crippen LogP contribution in [0.1, 0.15) is 29.9 Å². The smallest absolute Gasteiger partial charge is 0.153 e. The van der Waals surface area contributed by atoms with Crippen molar-refractivity contribution in [3.8, 4) is 10.6 Å². The van der Waals surface area contributed by atoms with E-state index in [-0.39, 0.29) is 0 Å². The number of aromatic nitrogens is 2. The highest BCUT2D eigenvalue weighted by Crippen LogP contribution is 2.48. The van der Waals surface area contributed by atoms with Crippen LogP contribution in [0.25, 0.3) is 10.6 Å². The summed E-state index contributed by atoms with van der Waals surface area (Å²) < 4.78 is 4.78. The summed E-state index contributed by atoms with van der Waals surface area (Å²) in [6, 6.07) is 0. The van der Waals surface area contributed by atoms with Crippen molar-refractivity contribution in [3.05, 3.63) is 22.8 Å². The Morgan fingerprint density at radius 2 is 2.36 bits per heavy atom. The van der Waals surface area contributed by atoms with Crippen molar-refractivity contribution in [2.45, 2.75) is 25.7 Å². The standard InChI is InChI=1S/C10H10N2OS/c1-6-5-14-10(8-4-13-12-11-8)9(6)7-2-3-7/h4-5,7H,2-3H2,1H3. The highest BCUT2D eigenvalue weighted by Gasteiger charge is 2.29. The van der Waals surface area contributed by atoms with Crippen LogP contribution in [0.2, 0.25) is 0 Å². The van der Waals surface area contributed by atoms with Crippen LogP contribution in [0, 0.1) is 6.92 Å². The highest BCUT2D eigenvalue weighted by atomic mass is 32.1. The SMILES string of the molecule is Cc1csc(-c2conn2)c1C1CC1. The third kappa shape index (κ3) is 1.18. The molecule has 0 unspecified atom stereocenters. The molecule has 1 aliphatic rings. The molecule has 2 aromatic rings. The summed E-state index contributed by atoms with van der Waals surface area (Å²) in [7, 11) is 0. The summed E-state index contributed by atoms with van der Waals surface area (Å²) >= 11 is 1.74. The lowest BCUT2D eigenvalue weighted by Gasteiger charge is -1.98. The zero-order valence-corrected chi connectivity index (χ0v) is 8.67. The van der Waals surface area contributed by atoms with Gasteiger partial charge in [0.1, 0.15) is 5.69 Å². The summed E-state index contributed by atoms with van der Waals surface area (Å²) in [5, 5.41) is 9.67. The molecule has 0 spiro atoms. The van der Waals surface area contributed by atoms with E-state index in [0.717, 1.165) is 11.6 Å². The number of hydrogen-bond donors (Lipinski definition) is 0. The van der Waals surface area contributed by atoms with Gasteiger partial charge >= 0.3 is 0 Å². The third-order valence-electron chi connectivity index (χ3n) is 2.60. The molecule has 0 amide bonds. The van der Waals surface area contributed by atoms with Gasteiger partial charge in [-0.25, -0.2) is 0 Å². The summed E-state index contributed by atoms with van der Waals surface area (Å²) in [6.45, 7) is 2.17. The highest BCUT2D eigenvalue weighted by molar-refractivity contribution is 7.13. The van der Waals surface area contributed by atoms with Crippen LogP contribution in [0.15, 0.2) is 16.2 Å². The van der Waals surface area contributed by atoms with Crippen molar-refractivity contribution in [3.63, 3.8) is 0 Å². The molecule has 2 aromatic heterocycles. The first-order valence-corrected chi connectivity index (χ1v) is 5.59. The first-order valence-electron chi connectivity index (χ1n) is 4.71. The van der Waals surface area contributed by atoms with Gasteiger partial charge in [-0.15, -0.1) is 16.4 Å². The number of hydrogen-bond acceptors (Lipinski definition) is 4. The first kappa shape index (κ1) is 8.17. The molecule has 1 fully saturated rings. The quantitative estimate of drug-likeness (QED) is 0.758. The lowest BCUT2D eigenvalue weighted by molar-refractivity contribution is 0.393. The van der Waals surface area contributed by atoms with Gasteiger partial charge in [0.05, 0.1) is 4.88 Å². The van der Waals surface area contributed by atoms with E-state index in [1.54, 1.807) is 17.6 Å². The zero-order valence-electron chi connectivity index (χ0n) is 7.86. The van der Waals surface area contributed by atoms with Crippen molar-refractivity contribution < 1.29 is 4.52 Å². The monoisotopic (exact) mass is 206 g/mol. The predicted molar refractivity (Wildman–Crippen MR) is 54.3 cm³/mol. The van der Waals surface area contributed by atoms with Gasteiger partial charge in [-0.3, -0.25) is 0 Å². The predicted octanol–water partition coefficient (Wildman–Crippen LogP) is 2.98. The molecule has 4 heteroatoms. The van der Waals surface area contributed by atoms with Crippen molar-refractivity contribution >= 4 is 11.3 Å². The molecule has 72 valence electrons. The van der Waals surface area contributed by atoms with E-state index in [9.17, 15) is 0 Å². The van der Waals surface area contributed by atoms with Gasteiger partial charge < -0.3 is 4.52 Å². The summed E-state index contributed by atoms with van der Waals surface area (Å²) in [6.07, 6.45) is 4.25. The molecule has 1 saturated carbocycles. The molecule has 0 aliphatic heterocycles. The number of thiophene rings is 1. The lowest BCUT2D eigenvalue weighted by atomic mass is 10.1. The van der Waals surface area contributed by atoms with E-state index in [2.05, 4.69) is 22.7 Å². The Hall–Kier alpha value is -1.16. The van der Waals surface area contributed by atoms with Gasteiger partial charge in [0.25, 0.3) is 0 Å². The number of nitrogens with zero attached hydrogens (tertiary/aromatic N) is 2. The summed E-state index contributed by atoms with van der Waals surface area (Å²) in [5.41, 5.74) is 3.73. The molecule has 3 nitrogen and oxygen atoms in total.